The van der Waals surface area contributed by atoms with Crippen LogP contribution in [0.2, 0.25) is 10.0 Å². The molecule has 0 atom stereocenters. The lowest BCUT2D eigenvalue weighted by molar-refractivity contribution is 0.0805. The molecule has 3 rings (SSSR count). The number of sulfone groups is 1. The van der Waals surface area contributed by atoms with Crippen molar-refractivity contribution in [1.82, 2.24) is 4.98 Å². The number of thiazole rings is 1. The molecule has 0 aliphatic rings. The molecule has 0 N–H and O–H groups in total. The topological polar surface area (TPSA) is 117 Å². The van der Waals surface area contributed by atoms with Gasteiger partial charge in [-0.15, -0.1) is 11.3 Å². The molecule has 42 heavy (non-hydrogen) atoms. The van der Waals surface area contributed by atoms with E-state index in [9.17, 15) is 21.6 Å². The Morgan fingerprint density at radius 3 is 1.88 bits per heavy atom. The minimum Gasteiger partial charge on any atom is -0.381 e. The molecule has 0 amide bonds. The van der Waals surface area contributed by atoms with Crippen LogP contribution in [0.5, 0.6) is 0 Å². The van der Waals surface area contributed by atoms with E-state index in [4.69, 9.17) is 27.9 Å². The molecule has 234 valence electrons. The number of carbonyl (C=O) groups is 1. The van der Waals surface area contributed by atoms with Crippen LogP contribution >= 0.6 is 34.5 Å². The van der Waals surface area contributed by atoms with E-state index in [0.717, 1.165) is 30.8 Å². The number of hydrogen-bond donors (Lipinski definition) is 0. The van der Waals surface area contributed by atoms with Crippen LogP contribution in [-0.2, 0) is 28.9 Å². The summed E-state index contributed by atoms with van der Waals surface area (Å²) in [5.41, 5.74) is 0.816. The third-order valence-corrected chi connectivity index (χ3v) is 8.77. The van der Waals surface area contributed by atoms with Crippen LogP contribution < -0.4 is 0 Å². The van der Waals surface area contributed by atoms with E-state index in [2.05, 4.69) is 29.9 Å². The van der Waals surface area contributed by atoms with Gasteiger partial charge in [0, 0.05) is 34.3 Å². The van der Waals surface area contributed by atoms with E-state index in [1.54, 1.807) is 17.5 Å². The highest BCUT2D eigenvalue weighted by molar-refractivity contribution is 7.93. The van der Waals surface area contributed by atoms with Gasteiger partial charge in [0.2, 0.25) is 14.2 Å². The first-order valence-corrected chi connectivity index (χ1v) is 17.8. The molecule has 3 aromatic rings. The SMILES string of the molecule is CC(C)(C)COS(C)(=O)=O.CCOCC(C)(C)C.O=C(c1ccc(S(=O)(=O)c2nccs2)cc1)c1cc(Cl)ccc1Cl. The summed E-state index contributed by atoms with van der Waals surface area (Å²) >= 11 is 13.0. The minimum absolute atomic E-state index is 0.0134. The summed E-state index contributed by atoms with van der Waals surface area (Å²) in [5.74, 6) is -0.333. The highest BCUT2D eigenvalue weighted by atomic mass is 35.5. The molecular formula is C29H39Cl2NO7S3. The van der Waals surface area contributed by atoms with Gasteiger partial charge in [-0.1, -0.05) is 64.7 Å². The van der Waals surface area contributed by atoms with Crippen LogP contribution in [0, 0.1) is 10.8 Å². The summed E-state index contributed by atoms with van der Waals surface area (Å²) in [5, 5.41) is 2.26. The zero-order valence-electron chi connectivity index (χ0n) is 25.1. The van der Waals surface area contributed by atoms with E-state index in [-0.39, 0.29) is 37.6 Å². The third-order valence-electron chi connectivity index (χ3n) is 4.68. The maximum atomic E-state index is 12.5. The number of aromatic nitrogens is 1. The Kier molecular flexibility index (Phi) is 14.8. The van der Waals surface area contributed by atoms with Crippen molar-refractivity contribution < 1.29 is 30.6 Å². The van der Waals surface area contributed by atoms with Gasteiger partial charge in [-0.25, -0.2) is 13.4 Å². The van der Waals surface area contributed by atoms with Crippen LogP contribution in [0.1, 0.15) is 64.4 Å². The highest BCUT2D eigenvalue weighted by Crippen LogP contribution is 2.26. The predicted molar refractivity (Wildman–Crippen MR) is 170 cm³/mol. The first kappa shape index (κ1) is 38.2. The van der Waals surface area contributed by atoms with Gasteiger partial charge in [-0.2, -0.15) is 8.42 Å². The molecular weight excluding hydrogens is 641 g/mol. The number of carbonyl (C=O) groups excluding carboxylic acids is 1. The lowest BCUT2D eigenvalue weighted by Gasteiger charge is -2.16. The first-order valence-electron chi connectivity index (χ1n) is 12.8. The fourth-order valence-electron chi connectivity index (χ4n) is 2.75. The van der Waals surface area contributed by atoms with Crippen molar-refractivity contribution in [2.45, 2.75) is 57.7 Å². The Balaban J connectivity index is 0.000000406. The quantitative estimate of drug-likeness (QED) is 0.177. The average Bonchev–Trinajstić information content (AvgIpc) is 3.43. The number of halogens is 2. The monoisotopic (exact) mass is 679 g/mol. The lowest BCUT2D eigenvalue weighted by atomic mass is 9.99. The number of benzene rings is 2. The van der Waals surface area contributed by atoms with Crippen molar-refractivity contribution in [3.05, 3.63) is 75.2 Å². The smallest absolute Gasteiger partial charge is 0.264 e. The van der Waals surface area contributed by atoms with Gasteiger partial charge in [0.15, 0.2) is 5.78 Å². The van der Waals surface area contributed by atoms with Crippen LogP contribution in [0.15, 0.2) is 63.3 Å². The Labute approximate surface area is 264 Å². The van der Waals surface area contributed by atoms with Gasteiger partial charge in [-0.05, 0) is 60.2 Å². The van der Waals surface area contributed by atoms with Crippen molar-refractivity contribution in [2.24, 2.45) is 10.8 Å². The standard InChI is InChI=1S/C16H9Cl2NO3S2.C7H16O.C6H14O3S/c17-11-3-6-14(18)13(9-11)15(20)10-1-4-12(5-2-10)24(21,22)16-19-7-8-23-16;1-5-8-6-7(2,3)4;1-6(2,3)5-9-10(4,7)8/h1-9H;5-6H2,1-4H3;5H2,1-4H3. The van der Waals surface area contributed by atoms with Gasteiger partial charge in [0.1, 0.15) is 0 Å². The molecule has 0 saturated heterocycles. The Hall–Kier alpha value is -1.86. The zero-order valence-corrected chi connectivity index (χ0v) is 29.1. The van der Waals surface area contributed by atoms with Crippen molar-refractivity contribution in [1.29, 1.82) is 0 Å². The van der Waals surface area contributed by atoms with Crippen LogP contribution in [0.4, 0.5) is 0 Å². The first-order chi connectivity index (χ1) is 19.2. The fourth-order valence-corrected chi connectivity index (χ4v) is 5.91. The Morgan fingerprint density at radius 2 is 1.48 bits per heavy atom. The summed E-state index contributed by atoms with van der Waals surface area (Å²) in [4.78, 5) is 16.4. The van der Waals surface area contributed by atoms with Crippen molar-refractivity contribution >= 4 is 60.3 Å². The number of rotatable bonds is 8. The molecule has 0 radical (unpaired) electrons. The molecule has 0 fully saturated rings. The number of hydrogen-bond acceptors (Lipinski definition) is 9. The van der Waals surface area contributed by atoms with Crippen molar-refractivity contribution in [3.8, 4) is 0 Å². The van der Waals surface area contributed by atoms with E-state index in [1.807, 2.05) is 27.7 Å². The van der Waals surface area contributed by atoms with Crippen LogP contribution in [-0.4, -0.2) is 53.7 Å². The molecule has 13 heteroatoms. The molecule has 0 aliphatic carbocycles. The van der Waals surface area contributed by atoms with Gasteiger partial charge >= 0.3 is 0 Å². The zero-order chi connectivity index (χ0) is 32.4. The van der Waals surface area contributed by atoms with Crippen LogP contribution in [0.25, 0.3) is 0 Å². The van der Waals surface area contributed by atoms with E-state index >= 15 is 0 Å². The summed E-state index contributed by atoms with van der Waals surface area (Å²) in [6.45, 7) is 16.2. The molecule has 1 aromatic heterocycles. The molecule has 0 unspecified atom stereocenters. The Bertz CT molecular complexity index is 1490. The molecule has 2 aromatic carbocycles. The average molecular weight is 681 g/mol. The fraction of sp³-hybridized carbons (Fsp3) is 0.448. The lowest BCUT2D eigenvalue weighted by Crippen LogP contribution is -2.17. The predicted octanol–water partition coefficient (Wildman–Crippen LogP) is 7.59. The molecule has 8 nitrogen and oxygen atoms in total. The molecule has 0 spiro atoms. The van der Waals surface area contributed by atoms with Gasteiger partial charge in [0.05, 0.1) is 29.4 Å². The van der Waals surface area contributed by atoms with E-state index < -0.39 is 20.0 Å². The maximum Gasteiger partial charge on any atom is 0.264 e. The molecule has 0 aliphatic heterocycles. The van der Waals surface area contributed by atoms with Crippen molar-refractivity contribution in [2.75, 3.05) is 26.1 Å². The summed E-state index contributed by atoms with van der Waals surface area (Å²) in [6, 6.07) is 10.3. The molecule has 0 bridgehead atoms. The second-order valence-electron chi connectivity index (χ2n) is 11.5. The van der Waals surface area contributed by atoms with Gasteiger partial charge in [-0.3, -0.25) is 8.98 Å². The van der Waals surface area contributed by atoms with Crippen LogP contribution in [0.3, 0.4) is 0 Å². The largest absolute Gasteiger partial charge is 0.381 e. The minimum atomic E-state index is -3.67. The molecule has 1 heterocycles. The Morgan fingerprint density at radius 1 is 0.905 bits per heavy atom. The van der Waals surface area contributed by atoms with Gasteiger partial charge in [0.25, 0.3) is 10.1 Å². The van der Waals surface area contributed by atoms with Gasteiger partial charge < -0.3 is 4.74 Å². The highest BCUT2D eigenvalue weighted by Gasteiger charge is 2.21. The van der Waals surface area contributed by atoms with Crippen molar-refractivity contribution in [3.63, 3.8) is 0 Å². The number of nitrogens with zero attached hydrogens (tertiary/aromatic N) is 1. The number of ketones is 1. The molecule has 0 saturated carbocycles. The second kappa shape index (κ2) is 16.3. The summed E-state index contributed by atoms with van der Waals surface area (Å²) < 4.78 is 55.4. The van der Waals surface area contributed by atoms with E-state index in [1.165, 1.54) is 36.5 Å². The van der Waals surface area contributed by atoms with E-state index in [0.29, 0.717) is 16.0 Å². The maximum absolute atomic E-state index is 12.5. The second-order valence-corrected chi connectivity index (χ2v) is 17.0. The number of ether oxygens (including phenoxy) is 1. The normalized spacial score (nSPS) is 12.0. The summed E-state index contributed by atoms with van der Waals surface area (Å²) in [6.07, 6.45) is 2.48. The summed E-state index contributed by atoms with van der Waals surface area (Å²) in [7, 11) is -6.93. The third kappa shape index (κ3) is 14.5.